The molecule has 0 aliphatic rings. The number of benzene rings is 2. The van der Waals surface area contributed by atoms with Crippen molar-refractivity contribution in [3.8, 4) is 0 Å². The molecule has 170 valence electrons. The van der Waals surface area contributed by atoms with Crippen molar-refractivity contribution in [1.29, 1.82) is 0 Å². The lowest BCUT2D eigenvalue weighted by Gasteiger charge is -2.22. The van der Waals surface area contributed by atoms with E-state index < -0.39 is 0 Å². The molecule has 0 spiro atoms. The molecule has 7 heteroatoms. The summed E-state index contributed by atoms with van der Waals surface area (Å²) in [6, 6.07) is 15.3. The maximum absolute atomic E-state index is 13.0. The fourth-order valence-corrected chi connectivity index (χ4v) is 4.21. The first-order valence-corrected chi connectivity index (χ1v) is 12.1. The molecule has 1 aromatic heterocycles. The fourth-order valence-electron chi connectivity index (χ4n) is 3.81. The predicted octanol–water partition coefficient (Wildman–Crippen LogP) is 4.81. The molecule has 0 aliphatic heterocycles. The molecule has 0 unspecified atom stereocenters. The minimum Gasteiger partial charge on any atom is -0.352 e. The molecular weight excluding hydrogens is 468 g/mol. The largest absolute Gasteiger partial charge is 0.352 e. The average Bonchev–Trinajstić information content (AvgIpc) is 3.13. The van der Waals surface area contributed by atoms with Gasteiger partial charge in [-0.25, -0.2) is 4.98 Å². The Labute approximate surface area is 198 Å². The highest BCUT2D eigenvalue weighted by molar-refractivity contribution is 9.10. The number of nitrogens with zero attached hydrogens (tertiary/aromatic N) is 3. The summed E-state index contributed by atoms with van der Waals surface area (Å²) < 4.78 is 2.91. The van der Waals surface area contributed by atoms with E-state index in [1.165, 1.54) is 0 Å². The van der Waals surface area contributed by atoms with E-state index in [0.717, 1.165) is 53.7 Å². The molecule has 0 saturated heterocycles. The van der Waals surface area contributed by atoms with E-state index in [1.807, 2.05) is 45.9 Å². The first kappa shape index (κ1) is 24.0. The van der Waals surface area contributed by atoms with Crippen LogP contribution in [-0.4, -0.2) is 45.9 Å². The van der Waals surface area contributed by atoms with Gasteiger partial charge in [-0.1, -0.05) is 48.0 Å². The minimum atomic E-state index is -0.0928. The van der Waals surface area contributed by atoms with Crippen molar-refractivity contribution in [3.05, 3.63) is 64.4 Å². The summed E-state index contributed by atoms with van der Waals surface area (Å²) in [7, 11) is 0. The van der Waals surface area contributed by atoms with Gasteiger partial charge in [0.25, 0.3) is 5.91 Å². The lowest BCUT2D eigenvalue weighted by atomic mass is 10.2. The van der Waals surface area contributed by atoms with Crippen LogP contribution in [0.15, 0.2) is 53.0 Å². The van der Waals surface area contributed by atoms with Crippen molar-refractivity contribution in [1.82, 2.24) is 19.8 Å². The van der Waals surface area contributed by atoms with Crippen LogP contribution < -0.4 is 5.32 Å². The fraction of sp³-hybridized carbons (Fsp3) is 0.400. The normalized spacial score (nSPS) is 11.0. The second kappa shape index (κ2) is 11.8. The van der Waals surface area contributed by atoms with E-state index >= 15 is 0 Å². The highest BCUT2D eigenvalue weighted by Gasteiger charge is 2.17. The first-order valence-electron chi connectivity index (χ1n) is 11.3. The summed E-state index contributed by atoms with van der Waals surface area (Å²) >= 11 is 3.39. The molecule has 32 heavy (non-hydrogen) atoms. The molecule has 3 rings (SSSR count). The third-order valence-electron chi connectivity index (χ3n) is 5.32. The molecule has 1 heterocycles. The zero-order valence-corrected chi connectivity index (χ0v) is 20.4. The SMILES string of the molecule is CCCN(CCC)C(=O)Cn1c(CCCNC(=O)c2cccc(Br)c2)nc2ccccc21. The highest BCUT2D eigenvalue weighted by Crippen LogP contribution is 2.18. The van der Waals surface area contributed by atoms with Crippen molar-refractivity contribution in [2.75, 3.05) is 19.6 Å². The van der Waals surface area contributed by atoms with Crippen LogP contribution in [0, 0.1) is 0 Å². The van der Waals surface area contributed by atoms with E-state index in [2.05, 4.69) is 35.1 Å². The third kappa shape index (κ3) is 6.19. The van der Waals surface area contributed by atoms with Crippen LogP contribution in [0.3, 0.4) is 0 Å². The van der Waals surface area contributed by atoms with Crippen LogP contribution >= 0.6 is 15.9 Å². The van der Waals surface area contributed by atoms with Crippen LogP contribution in [0.2, 0.25) is 0 Å². The van der Waals surface area contributed by atoms with Gasteiger partial charge in [0.2, 0.25) is 5.91 Å². The summed E-state index contributed by atoms with van der Waals surface area (Å²) in [4.78, 5) is 32.1. The number of nitrogens with one attached hydrogen (secondary N) is 1. The van der Waals surface area contributed by atoms with Gasteiger partial charge in [-0.05, 0) is 49.6 Å². The molecule has 1 N–H and O–H groups in total. The van der Waals surface area contributed by atoms with Crippen molar-refractivity contribution in [2.45, 2.75) is 46.1 Å². The second-order valence-electron chi connectivity index (χ2n) is 7.85. The lowest BCUT2D eigenvalue weighted by molar-refractivity contribution is -0.131. The van der Waals surface area contributed by atoms with Crippen LogP contribution in [0.5, 0.6) is 0 Å². The van der Waals surface area contributed by atoms with E-state index in [4.69, 9.17) is 4.98 Å². The molecule has 2 aromatic carbocycles. The van der Waals surface area contributed by atoms with Crippen molar-refractivity contribution in [3.63, 3.8) is 0 Å². The molecule has 0 aliphatic carbocycles. The van der Waals surface area contributed by atoms with E-state index in [0.29, 0.717) is 25.1 Å². The maximum Gasteiger partial charge on any atom is 0.251 e. The zero-order valence-electron chi connectivity index (χ0n) is 18.8. The Balaban J connectivity index is 1.67. The number of hydrogen-bond donors (Lipinski definition) is 1. The van der Waals surface area contributed by atoms with Crippen LogP contribution in [0.25, 0.3) is 11.0 Å². The Hall–Kier alpha value is -2.67. The summed E-state index contributed by atoms with van der Waals surface area (Å²) in [5.41, 5.74) is 2.50. The predicted molar refractivity (Wildman–Crippen MR) is 132 cm³/mol. The number of imidazole rings is 1. The van der Waals surface area contributed by atoms with Gasteiger partial charge in [0.1, 0.15) is 12.4 Å². The standard InChI is InChI=1S/C25H31BrN4O2/c1-3-15-29(16-4-2)24(31)18-30-22-12-6-5-11-21(22)28-23(30)13-8-14-27-25(32)19-9-7-10-20(26)17-19/h5-7,9-12,17H,3-4,8,13-16,18H2,1-2H3,(H,27,32). The molecule has 6 nitrogen and oxygen atoms in total. The van der Waals surface area contributed by atoms with Gasteiger partial charge < -0.3 is 14.8 Å². The third-order valence-corrected chi connectivity index (χ3v) is 5.81. The summed E-state index contributed by atoms with van der Waals surface area (Å²) in [6.07, 6.45) is 3.31. The monoisotopic (exact) mass is 498 g/mol. The van der Waals surface area contributed by atoms with Gasteiger partial charge >= 0.3 is 0 Å². The highest BCUT2D eigenvalue weighted by atomic mass is 79.9. The molecule has 0 fully saturated rings. The Morgan fingerprint density at radius 1 is 1.06 bits per heavy atom. The molecule has 0 bridgehead atoms. The van der Waals surface area contributed by atoms with Gasteiger partial charge in [-0.2, -0.15) is 0 Å². The molecule has 0 radical (unpaired) electrons. The summed E-state index contributed by atoms with van der Waals surface area (Å²) in [6.45, 7) is 6.57. The Morgan fingerprint density at radius 3 is 2.53 bits per heavy atom. The number of rotatable bonds is 11. The number of fused-ring (bicyclic) bond motifs is 1. The van der Waals surface area contributed by atoms with Crippen LogP contribution in [0.4, 0.5) is 0 Å². The van der Waals surface area contributed by atoms with E-state index in [-0.39, 0.29) is 11.8 Å². The number of aryl methyl sites for hydroxylation is 1. The number of amides is 2. The Kier molecular flexibility index (Phi) is 8.85. The van der Waals surface area contributed by atoms with Gasteiger partial charge in [-0.3, -0.25) is 9.59 Å². The van der Waals surface area contributed by atoms with Crippen LogP contribution in [0.1, 0.15) is 49.3 Å². The molecular formula is C25H31BrN4O2. The molecule has 3 aromatic rings. The van der Waals surface area contributed by atoms with Crippen molar-refractivity contribution >= 4 is 38.8 Å². The Morgan fingerprint density at radius 2 is 1.81 bits per heavy atom. The smallest absolute Gasteiger partial charge is 0.251 e. The summed E-state index contributed by atoms with van der Waals surface area (Å²) in [5.74, 6) is 0.912. The first-order chi connectivity index (χ1) is 15.5. The van der Waals surface area contributed by atoms with Crippen molar-refractivity contribution < 1.29 is 9.59 Å². The summed E-state index contributed by atoms with van der Waals surface area (Å²) in [5, 5.41) is 2.97. The van der Waals surface area contributed by atoms with Gasteiger partial charge in [0.05, 0.1) is 11.0 Å². The number of aromatic nitrogens is 2. The van der Waals surface area contributed by atoms with Gasteiger partial charge in [-0.15, -0.1) is 0 Å². The minimum absolute atomic E-state index is 0.0928. The van der Waals surface area contributed by atoms with Gasteiger partial charge in [0.15, 0.2) is 0 Å². The molecule has 0 saturated carbocycles. The maximum atomic E-state index is 13.0. The number of carbonyl (C=O) groups excluding carboxylic acids is 2. The van der Waals surface area contributed by atoms with Crippen molar-refractivity contribution in [2.24, 2.45) is 0 Å². The van der Waals surface area contributed by atoms with Gasteiger partial charge in [0, 0.05) is 36.1 Å². The van der Waals surface area contributed by atoms with E-state index in [9.17, 15) is 9.59 Å². The van der Waals surface area contributed by atoms with Crippen LogP contribution in [-0.2, 0) is 17.8 Å². The number of carbonyl (C=O) groups is 2. The number of hydrogen-bond acceptors (Lipinski definition) is 3. The Bertz CT molecular complexity index is 1060. The number of para-hydroxylation sites is 2. The molecule has 0 atom stereocenters. The number of halogens is 1. The molecule has 2 amide bonds. The zero-order chi connectivity index (χ0) is 22.9. The average molecular weight is 499 g/mol. The second-order valence-corrected chi connectivity index (χ2v) is 8.77. The quantitative estimate of drug-likeness (QED) is 0.385. The lowest BCUT2D eigenvalue weighted by Crippen LogP contribution is -2.35. The topological polar surface area (TPSA) is 67.2 Å². The van der Waals surface area contributed by atoms with E-state index in [1.54, 1.807) is 12.1 Å².